The Morgan fingerprint density at radius 1 is 1.30 bits per heavy atom. The SMILES string of the molecule is CC(=O)NC(C(=O)Oc1ccccc1Cl)C1CCCC1. The predicted octanol–water partition coefficient (Wildman–Crippen LogP) is 2.94. The van der Waals surface area contributed by atoms with E-state index in [1.807, 2.05) is 0 Å². The monoisotopic (exact) mass is 295 g/mol. The minimum Gasteiger partial charge on any atom is -0.423 e. The molecule has 1 aliphatic carbocycles. The van der Waals surface area contributed by atoms with Crippen molar-refractivity contribution in [2.24, 2.45) is 5.92 Å². The fourth-order valence-corrected chi connectivity index (χ4v) is 2.75. The number of rotatable bonds is 4. The molecule has 20 heavy (non-hydrogen) atoms. The maximum absolute atomic E-state index is 12.3. The van der Waals surface area contributed by atoms with Gasteiger partial charge in [0.15, 0.2) is 0 Å². The third kappa shape index (κ3) is 3.73. The normalized spacial score (nSPS) is 16.7. The third-order valence-corrected chi connectivity index (χ3v) is 3.84. The second-order valence-electron chi connectivity index (χ2n) is 5.07. The number of halogens is 1. The van der Waals surface area contributed by atoms with Crippen molar-refractivity contribution in [2.45, 2.75) is 38.6 Å². The minimum absolute atomic E-state index is 0.147. The Morgan fingerprint density at radius 2 is 1.95 bits per heavy atom. The van der Waals surface area contributed by atoms with E-state index in [4.69, 9.17) is 16.3 Å². The highest BCUT2D eigenvalue weighted by Gasteiger charge is 2.33. The molecule has 1 amide bonds. The molecule has 0 bridgehead atoms. The van der Waals surface area contributed by atoms with Gasteiger partial charge in [-0.3, -0.25) is 4.79 Å². The minimum atomic E-state index is -0.591. The molecule has 1 saturated carbocycles. The van der Waals surface area contributed by atoms with Gasteiger partial charge in [0.05, 0.1) is 5.02 Å². The van der Waals surface area contributed by atoms with Gasteiger partial charge in [-0.15, -0.1) is 0 Å². The second kappa shape index (κ2) is 6.75. The zero-order chi connectivity index (χ0) is 14.5. The highest BCUT2D eigenvalue weighted by atomic mass is 35.5. The van der Waals surface area contributed by atoms with E-state index in [2.05, 4.69) is 5.32 Å². The lowest BCUT2D eigenvalue weighted by Gasteiger charge is -2.22. The molecule has 0 heterocycles. The molecular weight excluding hydrogens is 278 g/mol. The van der Waals surface area contributed by atoms with Gasteiger partial charge in [0, 0.05) is 6.92 Å². The van der Waals surface area contributed by atoms with Crippen molar-refractivity contribution >= 4 is 23.5 Å². The van der Waals surface area contributed by atoms with Crippen molar-refractivity contribution in [1.29, 1.82) is 0 Å². The van der Waals surface area contributed by atoms with E-state index in [0.29, 0.717) is 10.8 Å². The quantitative estimate of drug-likeness (QED) is 0.686. The first-order valence-electron chi connectivity index (χ1n) is 6.81. The maximum Gasteiger partial charge on any atom is 0.334 e. The van der Waals surface area contributed by atoms with Crippen LogP contribution in [0.5, 0.6) is 5.75 Å². The number of hydrogen-bond acceptors (Lipinski definition) is 3. The van der Waals surface area contributed by atoms with E-state index in [9.17, 15) is 9.59 Å². The number of esters is 1. The Bertz CT molecular complexity index is 498. The Labute approximate surface area is 123 Å². The summed E-state index contributed by atoms with van der Waals surface area (Å²) in [5, 5.41) is 3.09. The first-order valence-corrected chi connectivity index (χ1v) is 7.19. The van der Waals surface area contributed by atoms with Crippen molar-refractivity contribution < 1.29 is 14.3 Å². The standard InChI is InChI=1S/C15H18ClNO3/c1-10(18)17-14(11-6-2-3-7-11)15(19)20-13-9-5-4-8-12(13)16/h4-5,8-9,11,14H,2-3,6-7H2,1H3,(H,17,18). The average molecular weight is 296 g/mol. The summed E-state index contributed by atoms with van der Waals surface area (Å²) >= 11 is 5.97. The molecule has 0 aromatic heterocycles. The van der Waals surface area contributed by atoms with E-state index in [0.717, 1.165) is 25.7 Å². The van der Waals surface area contributed by atoms with Gasteiger partial charge in [-0.25, -0.2) is 4.79 Å². The van der Waals surface area contributed by atoms with Crippen LogP contribution in [0.2, 0.25) is 5.02 Å². The maximum atomic E-state index is 12.3. The molecule has 108 valence electrons. The van der Waals surface area contributed by atoms with Crippen molar-refractivity contribution in [3.63, 3.8) is 0 Å². The third-order valence-electron chi connectivity index (χ3n) is 3.53. The number of hydrogen-bond donors (Lipinski definition) is 1. The van der Waals surface area contributed by atoms with Crippen molar-refractivity contribution in [3.05, 3.63) is 29.3 Å². The highest BCUT2D eigenvalue weighted by molar-refractivity contribution is 6.32. The molecule has 0 saturated heterocycles. The van der Waals surface area contributed by atoms with Crippen LogP contribution in [0, 0.1) is 5.92 Å². The second-order valence-corrected chi connectivity index (χ2v) is 5.48. The Balaban J connectivity index is 2.09. The molecule has 1 aromatic carbocycles. The van der Waals surface area contributed by atoms with E-state index >= 15 is 0 Å². The summed E-state index contributed by atoms with van der Waals surface area (Å²) in [4.78, 5) is 23.6. The molecule has 5 heteroatoms. The number of amides is 1. The topological polar surface area (TPSA) is 55.4 Å². The molecule has 1 aromatic rings. The fraction of sp³-hybridized carbons (Fsp3) is 0.467. The summed E-state index contributed by atoms with van der Waals surface area (Å²) < 4.78 is 5.34. The largest absolute Gasteiger partial charge is 0.423 e. The lowest BCUT2D eigenvalue weighted by atomic mass is 9.98. The molecule has 2 rings (SSSR count). The van der Waals surface area contributed by atoms with Gasteiger partial charge in [0.25, 0.3) is 0 Å². The van der Waals surface area contributed by atoms with Gasteiger partial charge >= 0.3 is 5.97 Å². The van der Waals surface area contributed by atoms with Crippen LogP contribution in [-0.2, 0) is 9.59 Å². The van der Waals surface area contributed by atoms with Crippen LogP contribution in [0.1, 0.15) is 32.6 Å². The van der Waals surface area contributed by atoms with Gasteiger partial charge < -0.3 is 10.1 Å². The van der Waals surface area contributed by atoms with Crippen LogP contribution < -0.4 is 10.1 Å². The number of carbonyl (C=O) groups excluding carboxylic acids is 2. The Kier molecular flexibility index (Phi) is 5.01. The van der Waals surface area contributed by atoms with E-state index < -0.39 is 12.0 Å². The van der Waals surface area contributed by atoms with Gasteiger partial charge in [0.2, 0.25) is 5.91 Å². The van der Waals surface area contributed by atoms with Crippen molar-refractivity contribution in [1.82, 2.24) is 5.32 Å². The van der Waals surface area contributed by atoms with Crippen LogP contribution in [-0.4, -0.2) is 17.9 Å². The van der Waals surface area contributed by atoms with Crippen molar-refractivity contribution in [3.8, 4) is 5.75 Å². The first-order chi connectivity index (χ1) is 9.58. The van der Waals surface area contributed by atoms with E-state index in [-0.39, 0.29) is 11.8 Å². The number of benzene rings is 1. The molecule has 0 radical (unpaired) electrons. The predicted molar refractivity (Wildman–Crippen MR) is 76.6 cm³/mol. The van der Waals surface area contributed by atoms with E-state index in [1.165, 1.54) is 6.92 Å². The Morgan fingerprint density at radius 3 is 2.55 bits per heavy atom. The summed E-state index contributed by atoms with van der Waals surface area (Å²) in [5.41, 5.74) is 0. The van der Waals surface area contributed by atoms with Gasteiger partial charge in [-0.1, -0.05) is 36.6 Å². The van der Waals surface area contributed by atoms with Crippen LogP contribution in [0.15, 0.2) is 24.3 Å². The lowest BCUT2D eigenvalue weighted by molar-refractivity contribution is -0.140. The summed E-state index contributed by atoms with van der Waals surface area (Å²) in [5.74, 6) is -0.195. The van der Waals surface area contributed by atoms with Crippen LogP contribution in [0.3, 0.4) is 0 Å². The highest BCUT2D eigenvalue weighted by Crippen LogP contribution is 2.30. The number of ether oxygens (including phenoxy) is 1. The molecular formula is C15H18ClNO3. The van der Waals surface area contributed by atoms with Gasteiger partial charge in [0.1, 0.15) is 11.8 Å². The van der Waals surface area contributed by atoms with E-state index in [1.54, 1.807) is 24.3 Å². The van der Waals surface area contributed by atoms with Crippen LogP contribution in [0.4, 0.5) is 0 Å². The van der Waals surface area contributed by atoms with Gasteiger partial charge in [-0.2, -0.15) is 0 Å². The molecule has 0 spiro atoms. The summed E-state index contributed by atoms with van der Waals surface area (Å²) in [7, 11) is 0. The summed E-state index contributed by atoms with van der Waals surface area (Å²) in [6.07, 6.45) is 4.03. The average Bonchev–Trinajstić information content (AvgIpc) is 2.92. The molecule has 4 nitrogen and oxygen atoms in total. The lowest BCUT2D eigenvalue weighted by Crippen LogP contribution is -2.46. The van der Waals surface area contributed by atoms with Crippen molar-refractivity contribution in [2.75, 3.05) is 0 Å². The molecule has 1 fully saturated rings. The summed E-state index contributed by atoms with van der Waals surface area (Å²) in [6, 6.07) is 6.22. The zero-order valence-corrected chi connectivity index (χ0v) is 12.2. The Hall–Kier alpha value is -1.55. The molecule has 1 N–H and O–H groups in total. The number of para-hydroxylation sites is 1. The van der Waals surface area contributed by atoms with Crippen LogP contribution >= 0.6 is 11.6 Å². The van der Waals surface area contributed by atoms with Gasteiger partial charge in [-0.05, 0) is 30.9 Å². The molecule has 0 aliphatic heterocycles. The number of nitrogens with one attached hydrogen (secondary N) is 1. The number of carbonyl (C=O) groups is 2. The molecule has 1 aliphatic rings. The zero-order valence-electron chi connectivity index (χ0n) is 11.4. The van der Waals surface area contributed by atoms with Crippen LogP contribution in [0.25, 0.3) is 0 Å². The molecule has 1 unspecified atom stereocenters. The fourth-order valence-electron chi connectivity index (χ4n) is 2.58. The first kappa shape index (κ1) is 14.9. The summed E-state index contributed by atoms with van der Waals surface area (Å²) in [6.45, 7) is 1.41. The molecule has 1 atom stereocenters. The smallest absolute Gasteiger partial charge is 0.334 e.